The monoisotopic (exact) mass is 446 g/mol. The van der Waals surface area contributed by atoms with Crippen LogP contribution >= 0.6 is 11.6 Å². The molecule has 1 aromatic heterocycles. The molecule has 1 heterocycles. The van der Waals surface area contributed by atoms with Crippen LogP contribution in [0.3, 0.4) is 0 Å². The molecule has 7 heteroatoms. The second-order valence-electron chi connectivity index (χ2n) is 6.48. The van der Waals surface area contributed by atoms with Crippen LogP contribution in [0.5, 0.6) is 11.5 Å². The number of aliphatic hydroxyl groups excluding tert-OH is 1. The van der Waals surface area contributed by atoms with Crippen LogP contribution < -0.4 is 15.0 Å². The topological polar surface area (TPSA) is 73.6 Å². The van der Waals surface area contributed by atoms with Crippen molar-refractivity contribution in [3.05, 3.63) is 81.5 Å². The average molecular weight is 447 g/mol. The van der Waals surface area contributed by atoms with Gasteiger partial charge in [-0.15, -0.1) is 0 Å². The van der Waals surface area contributed by atoms with Crippen LogP contribution in [0.2, 0.25) is 5.02 Å². The number of aliphatic hydroxyl groups is 1. The van der Waals surface area contributed by atoms with Crippen molar-refractivity contribution in [3.63, 3.8) is 0 Å². The van der Waals surface area contributed by atoms with E-state index in [0.29, 0.717) is 22.9 Å². The van der Waals surface area contributed by atoms with Gasteiger partial charge in [0.05, 0.1) is 18.9 Å². The summed E-state index contributed by atoms with van der Waals surface area (Å²) in [6.45, 7) is 9.51. The van der Waals surface area contributed by atoms with Gasteiger partial charge in [0.15, 0.2) is 11.5 Å². The normalized spacial score (nSPS) is 10.7. The zero-order valence-corrected chi connectivity index (χ0v) is 19.7. The summed E-state index contributed by atoms with van der Waals surface area (Å²) >= 11 is 5.61. The zero-order valence-electron chi connectivity index (χ0n) is 18.9. The summed E-state index contributed by atoms with van der Waals surface area (Å²) in [6.07, 6.45) is 2.60. The fourth-order valence-corrected chi connectivity index (χ4v) is 2.51. The second-order valence-corrected chi connectivity index (χ2v) is 6.91. The molecule has 0 fully saturated rings. The average Bonchev–Trinajstić information content (AvgIpc) is 2.78. The Morgan fingerprint density at radius 2 is 1.74 bits per heavy atom. The van der Waals surface area contributed by atoms with Crippen molar-refractivity contribution in [2.45, 2.75) is 40.7 Å². The van der Waals surface area contributed by atoms with Gasteiger partial charge in [-0.2, -0.15) is 0 Å². The predicted molar refractivity (Wildman–Crippen MR) is 126 cm³/mol. The zero-order chi connectivity index (χ0) is 23.4. The minimum Gasteiger partial charge on any atom is -0.493 e. The van der Waals surface area contributed by atoms with Gasteiger partial charge < -0.3 is 14.6 Å². The van der Waals surface area contributed by atoms with Crippen molar-refractivity contribution in [2.75, 3.05) is 13.7 Å². The second kappa shape index (κ2) is 13.5. The molecule has 0 radical (unpaired) electrons. The molecule has 0 bridgehead atoms. The van der Waals surface area contributed by atoms with E-state index in [1.165, 1.54) is 17.2 Å². The van der Waals surface area contributed by atoms with Crippen molar-refractivity contribution < 1.29 is 14.6 Å². The highest BCUT2D eigenvalue weighted by Crippen LogP contribution is 2.29. The van der Waals surface area contributed by atoms with E-state index in [4.69, 9.17) is 21.1 Å². The maximum atomic E-state index is 12.1. The van der Waals surface area contributed by atoms with Crippen LogP contribution in [-0.4, -0.2) is 34.5 Å². The number of ether oxygens (including phenoxy) is 2. The van der Waals surface area contributed by atoms with Crippen LogP contribution in [0.4, 0.5) is 0 Å². The lowest BCUT2D eigenvalue weighted by atomic mass is 10.2. The van der Waals surface area contributed by atoms with Gasteiger partial charge in [-0.3, -0.25) is 14.3 Å². The molecular weight excluding hydrogens is 416 g/mol. The molecule has 0 amide bonds. The fourth-order valence-electron chi connectivity index (χ4n) is 2.38. The van der Waals surface area contributed by atoms with E-state index in [0.717, 1.165) is 5.02 Å². The van der Waals surface area contributed by atoms with Crippen molar-refractivity contribution >= 4 is 11.6 Å². The summed E-state index contributed by atoms with van der Waals surface area (Å²) in [6, 6.07) is 12.9. The minimum atomic E-state index is -0.570. The Bertz CT molecular complexity index is 965. The summed E-state index contributed by atoms with van der Waals surface area (Å²) in [5.41, 5.74) is 2.14. The number of rotatable bonds is 5. The van der Waals surface area contributed by atoms with Crippen LogP contribution in [-0.2, 0) is 0 Å². The maximum Gasteiger partial charge on any atom is 0.276 e. The van der Waals surface area contributed by atoms with Gasteiger partial charge in [-0.1, -0.05) is 43.1 Å². The summed E-state index contributed by atoms with van der Waals surface area (Å²) < 4.78 is 12.2. The molecule has 0 spiro atoms. The van der Waals surface area contributed by atoms with Gasteiger partial charge in [-0.05, 0) is 45.0 Å². The van der Waals surface area contributed by atoms with Crippen molar-refractivity contribution in [1.29, 1.82) is 0 Å². The van der Waals surface area contributed by atoms with Crippen LogP contribution in [0.15, 0.2) is 59.7 Å². The van der Waals surface area contributed by atoms with Gasteiger partial charge >= 0.3 is 0 Å². The molecule has 2 aromatic carbocycles. The molecule has 1 atom stereocenters. The SMILES string of the molecule is CC.COc1cc(-n2ccnc(C)c2=O)ccc1OC[C@@H](C)O.Cc1ccc(Cl)cc1. The molecule has 168 valence electrons. The van der Waals surface area contributed by atoms with Gasteiger partial charge in [0.1, 0.15) is 12.3 Å². The highest BCUT2D eigenvalue weighted by Gasteiger charge is 2.10. The van der Waals surface area contributed by atoms with Crippen LogP contribution in [0.25, 0.3) is 5.69 Å². The third-order valence-corrected chi connectivity index (χ3v) is 4.18. The van der Waals surface area contributed by atoms with Gasteiger partial charge in [-0.25, -0.2) is 0 Å². The number of aromatic nitrogens is 2. The summed E-state index contributed by atoms with van der Waals surface area (Å²) in [5.74, 6) is 1.01. The van der Waals surface area contributed by atoms with E-state index in [9.17, 15) is 9.90 Å². The Labute approximate surface area is 189 Å². The molecular formula is C24H31ClN2O4. The van der Waals surface area contributed by atoms with E-state index < -0.39 is 6.10 Å². The van der Waals surface area contributed by atoms with E-state index >= 15 is 0 Å². The van der Waals surface area contributed by atoms with Gasteiger partial charge in [0.2, 0.25) is 0 Å². The Morgan fingerprint density at radius 3 is 2.29 bits per heavy atom. The van der Waals surface area contributed by atoms with E-state index in [1.807, 2.05) is 45.0 Å². The summed E-state index contributed by atoms with van der Waals surface area (Å²) in [5, 5.41) is 10.1. The molecule has 31 heavy (non-hydrogen) atoms. The van der Waals surface area contributed by atoms with Crippen molar-refractivity contribution in [3.8, 4) is 17.2 Å². The Hall–Kier alpha value is -2.83. The summed E-state index contributed by atoms with van der Waals surface area (Å²) in [4.78, 5) is 16.0. The molecule has 3 rings (SSSR count). The lowest BCUT2D eigenvalue weighted by Crippen LogP contribution is -2.21. The molecule has 0 unspecified atom stereocenters. The van der Waals surface area contributed by atoms with Crippen LogP contribution in [0.1, 0.15) is 32.0 Å². The van der Waals surface area contributed by atoms with E-state index in [1.54, 1.807) is 44.4 Å². The predicted octanol–water partition coefficient (Wildman–Crippen LogP) is 4.98. The largest absolute Gasteiger partial charge is 0.493 e. The van der Waals surface area contributed by atoms with Crippen molar-refractivity contribution in [2.24, 2.45) is 0 Å². The number of aryl methyl sites for hydroxylation is 2. The molecule has 6 nitrogen and oxygen atoms in total. The first-order valence-corrected chi connectivity index (χ1v) is 10.4. The minimum absolute atomic E-state index is 0.171. The maximum absolute atomic E-state index is 12.1. The third kappa shape index (κ3) is 8.44. The lowest BCUT2D eigenvalue weighted by Gasteiger charge is -2.14. The number of nitrogens with zero attached hydrogens (tertiary/aromatic N) is 2. The number of methoxy groups -OCH3 is 1. The van der Waals surface area contributed by atoms with Gasteiger partial charge in [0.25, 0.3) is 5.56 Å². The molecule has 0 aliphatic rings. The van der Waals surface area contributed by atoms with Crippen LogP contribution in [0, 0.1) is 13.8 Å². The van der Waals surface area contributed by atoms with E-state index in [-0.39, 0.29) is 12.2 Å². The molecule has 3 aromatic rings. The van der Waals surface area contributed by atoms with Gasteiger partial charge in [0, 0.05) is 23.5 Å². The highest BCUT2D eigenvalue weighted by atomic mass is 35.5. The Morgan fingerprint density at radius 1 is 1.10 bits per heavy atom. The number of hydrogen-bond acceptors (Lipinski definition) is 5. The number of benzene rings is 2. The summed E-state index contributed by atoms with van der Waals surface area (Å²) in [7, 11) is 1.52. The van der Waals surface area contributed by atoms with Crippen molar-refractivity contribution in [1.82, 2.24) is 9.55 Å². The fraction of sp³-hybridized carbons (Fsp3) is 0.333. The first-order valence-electron chi connectivity index (χ1n) is 10.1. The quantitative estimate of drug-likeness (QED) is 0.598. The third-order valence-electron chi connectivity index (χ3n) is 3.93. The molecule has 0 saturated carbocycles. The van der Waals surface area contributed by atoms with E-state index in [2.05, 4.69) is 4.98 Å². The molecule has 1 N–H and O–H groups in total. The molecule has 0 aliphatic carbocycles. The first-order chi connectivity index (χ1) is 14.8. The molecule has 0 saturated heterocycles. The first kappa shape index (κ1) is 26.2. The highest BCUT2D eigenvalue weighted by molar-refractivity contribution is 6.30. The number of hydrogen-bond donors (Lipinski definition) is 1. The Kier molecular flexibility index (Phi) is 11.4. The standard InChI is InChI=1S/C15H18N2O4.C7H7Cl.C2H6/c1-10(18)9-21-13-5-4-12(8-14(13)20-3)17-7-6-16-11(2)15(17)19;1-6-2-4-7(8)5-3-6;1-2/h4-8,10,18H,9H2,1-3H3;2-5H,1H3;1-2H3/t10-;;/m1../s1. The number of halogens is 1. The Balaban J connectivity index is 0.000000400. The lowest BCUT2D eigenvalue weighted by molar-refractivity contribution is 0.120. The smallest absolute Gasteiger partial charge is 0.276 e. The molecule has 0 aliphatic heterocycles.